The number of hydrogen-bond acceptors (Lipinski definition) is 4. The summed E-state index contributed by atoms with van der Waals surface area (Å²) in [6, 6.07) is 11.5. The lowest BCUT2D eigenvalue weighted by molar-refractivity contribution is -0.131. The highest BCUT2D eigenvalue weighted by Crippen LogP contribution is 2.16. The summed E-state index contributed by atoms with van der Waals surface area (Å²) in [6.45, 7) is 6.27. The zero-order valence-electron chi connectivity index (χ0n) is 18.5. The molecular weight excluding hydrogens is 412 g/mol. The van der Waals surface area contributed by atoms with Crippen molar-refractivity contribution in [3.8, 4) is 0 Å². The molecule has 0 atom stereocenters. The summed E-state index contributed by atoms with van der Waals surface area (Å²) in [5, 5.41) is 4.05. The van der Waals surface area contributed by atoms with Gasteiger partial charge in [0.15, 0.2) is 5.96 Å². The van der Waals surface area contributed by atoms with E-state index in [0.717, 1.165) is 42.5 Å². The number of carbonyl (C=O) groups excluding carboxylic acids is 1. The third-order valence-corrected chi connectivity index (χ3v) is 5.44. The van der Waals surface area contributed by atoms with E-state index in [9.17, 15) is 4.79 Å². The number of rotatable bonds is 6. The van der Waals surface area contributed by atoms with Crippen LogP contribution < -0.4 is 10.2 Å². The topological polar surface area (TPSA) is 64.1 Å². The van der Waals surface area contributed by atoms with E-state index in [0.29, 0.717) is 31.1 Å². The average Bonchev–Trinajstić information content (AvgIpc) is 2.77. The lowest BCUT2D eigenvalue weighted by Crippen LogP contribution is -2.54. The molecule has 0 radical (unpaired) electrons. The molecule has 0 unspecified atom stereocenters. The minimum atomic E-state index is 0.134. The maximum absolute atomic E-state index is 12.7. The number of halogens is 1. The van der Waals surface area contributed by atoms with Gasteiger partial charge in [0, 0.05) is 63.6 Å². The monoisotopic (exact) mass is 442 g/mol. The summed E-state index contributed by atoms with van der Waals surface area (Å²) in [7, 11) is 3.97. The SMILES string of the molecule is CCNC(=NCc1cccnc1N(C)C)N1CCN(C(=O)Cc2cccc(Cl)c2)CC1. The summed E-state index contributed by atoms with van der Waals surface area (Å²) in [6.07, 6.45) is 2.18. The molecule has 1 saturated heterocycles. The second kappa shape index (κ2) is 11.0. The maximum atomic E-state index is 12.7. The van der Waals surface area contributed by atoms with Crippen LogP contribution in [-0.4, -0.2) is 73.5 Å². The van der Waals surface area contributed by atoms with Gasteiger partial charge < -0.3 is 20.0 Å². The molecule has 2 heterocycles. The molecular formula is C23H31ClN6O. The number of nitrogens with one attached hydrogen (secondary N) is 1. The number of nitrogens with zero attached hydrogens (tertiary/aromatic N) is 5. The van der Waals surface area contributed by atoms with E-state index in [4.69, 9.17) is 16.6 Å². The van der Waals surface area contributed by atoms with Gasteiger partial charge in [-0.05, 0) is 30.7 Å². The van der Waals surface area contributed by atoms with E-state index < -0.39 is 0 Å². The van der Waals surface area contributed by atoms with E-state index in [1.54, 1.807) is 6.20 Å². The van der Waals surface area contributed by atoms with Gasteiger partial charge in [-0.25, -0.2) is 9.98 Å². The molecule has 8 heteroatoms. The Morgan fingerprint density at radius 1 is 1.16 bits per heavy atom. The van der Waals surface area contributed by atoms with Crippen LogP contribution in [0.3, 0.4) is 0 Å². The number of pyridine rings is 1. The number of benzene rings is 1. The standard InChI is InChI=1S/C23H31ClN6O/c1-4-25-23(27-17-19-8-6-10-26-22(19)28(2)3)30-13-11-29(12-14-30)21(31)16-18-7-5-9-20(24)15-18/h5-10,15H,4,11-14,16-17H2,1-3H3,(H,25,27). The minimum Gasteiger partial charge on any atom is -0.362 e. The number of carbonyl (C=O) groups is 1. The first-order chi connectivity index (χ1) is 15.0. The Morgan fingerprint density at radius 3 is 2.58 bits per heavy atom. The Balaban J connectivity index is 1.60. The molecule has 1 aliphatic rings. The number of aliphatic imine (C=N–C) groups is 1. The quantitative estimate of drug-likeness (QED) is 0.550. The number of piperazine rings is 1. The largest absolute Gasteiger partial charge is 0.362 e. The Bertz CT molecular complexity index is 908. The molecule has 0 bridgehead atoms. The van der Waals surface area contributed by atoms with Crippen LogP contribution in [0.5, 0.6) is 0 Å². The Labute approximate surface area is 189 Å². The lowest BCUT2D eigenvalue weighted by atomic mass is 10.1. The fraction of sp³-hybridized carbons (Fsp3) is 0.435. The van der Waals surface area contributed by atoms with E-state index >= 15 is 0 Å². The Morgan fingerprint density at radius 2 is 1.90 bits per heavy atom. The van der Waals surface area contributed by atoms with E-state index in [1.807, 2.05) is 54.2 Å². The van der Waals surface area contributed by atoms with Crippen molar-refractivity contribution in [1.29, 1.82) is 0 Å². The fourth-order valence-corrected chi connectivity index (χ4v) is 3.86. The number of hydrogen-bond donors (Lipinski definition) is 1. The van der Waals surface area contributed by atoms with Crippen LogP contribution in [0, 0.1) is 0 Å². The number of anilines is 1. The van der Waals surface area contributed by atoms with Gasteiger partial charge in [-0.1, -0.05) is 29.8 Å². The van der Waals surface area contributed by atoms with Crippen LogP contribution in [0.4, 0.5) is 5.82 Å². The molecule has 0 spiro atoms. The summed E-state index contributed by atoms with van der Waals surface area (Å²) < 4.78 is 0. The third kappa shape index (κ3) is 6.34. The van der Waals surface area contributed by atoms with E-state index in [-0.39, 0.29) is 5.91 Å². The van der Waals surface area contributed by atoms with Crippen LogP contribution in [-0.2, 0) is 17.8 Å². The number of guanidine groups is 1. The molecule has 1 fully saturated rings. The lowest BCUT2D eigenvalue weighted by Gasteiger charge is -2.36. The van der Waals surface area contributed by atoms with Crippen molar-refractivity contribution in [3.05, 3.63) is 58.7 Å². The average molecular weight is 443 g/mol. The third-order valence-electron chi connectivity index (χ3n) is 5.20. The van der Waals surface area contributed by atoms with Gasteiger partial charge in [0.2, 0.25) is 5.91 Å². The van der Waals surface area contributed by atoms with Crippen molar-refractivity contribution in [3.63, 3.8) is 0 Å². The Kier molecular flexibility index (Phi) is 8.12. The molecule has 1 amide bonds. The highest BCUT2D eigenvalue weighted by atomic mass is 35.5. The van der Waals surface area contributed by atoms with Gasteiger partial charge in [0.25, 0.3) is 0 Å². The molecule has 7 nitrogen and oxygen atoms in total. The van der Waals surface area contributed by atoms with Crippen molar-refractivity contribution in [2.75, 3.05) is 51.7 Å². The van der Waals surface area contributed by atoms with Gasteiger partial charge in [-0.3, -0.25) is 4.79 Å². The molecule has 166 valence electrons. The number of amides is 1. The fourth-order valence-electron chi connectivity index (χ4n) is 3.64. The van der Waals surface area contributed by atoms with Crippen molar-refractivity contribution >= 4 is 29.3 Å². The van der Waals surface area contributed by atoms with Crippen LogP contribution in [0.1, 0.15) is 18.1 Å². The van der Waals surface area contributed by atoms with Crippen molar-refractivity contribution in [1.82, 2.24) is 20.1 Å². The van der Waals surface area contributed by atoms with Crippen LogP contribution in [0.2, 0.25) is 5.02 Å². The van der Waals surface area contributed by atoms with Crippen molar-refractivity contribution in [2.24, 2.45) is 4.99 Å². The minimum absolute atomic E-state index is 0.134. The summed E-state index contributed by atoms with van der Waals surface area (Å²) in [5.74, 6) is 1.94. The zero-order valence-corrected chi connectivity index (χ0v) is 19.3. The molecule has 3 rings (SSSR count). The van der Waals surface area contributed by atoms with Crippen LogP contribution in [0.15, 0.2) is 47.6 Å². The second-order valence-electron chi connectivity index (χ2n) is 7.73. The van der Waals surface area contributed by atoms with E-state index in [1.165, 1.54) is 0 Å². The number of aromatic nitrogens is 1. The molecule has 1 N–H and O–H groups in total. The van der Waals surface area contributed by atoms with Gasteiger partial charge in [0.1, 0.15) is 5.82 Å². The summed E-state index contributed by atoms with van der Waals surface area (Å²) in [5.41, 5.74) is 2.03. The molecule has 2 aromatic rings. The predicted octanol–water partition coefficient (Wildman–Crippen LogP) is 2.65. The predicted molar refractivity (Wildman–Crippen MR) is 127 cm³/mol. The second-order valence-corrected chi connectivity index (χ2v) is 8.16. The first-order valence-corrected chi connectivity index (χ1v) is 11.0. The molecule has 1 aliphatic heterocycles. The summed E-state index contributed by atoms with van der Waals surface area (Å²) >= 11 is 6.04. The molecule has 1 aromatic heterocycles. The highest BCUT2D eigenvalue weighted by molar-refractivity contribution is 6.30. The van der Waals surface area contributed by atoms with Crippen LogP contribution in [0.25, 0.3) is 0 Å². The summed E-state index contributed by atoms with van der Waals surface area (Å²) in [4.78, 5) is 28.1. The smallest absolute Gasteiger partial charge is 0.227 e. The highest BCUT2D eigenvalue weighted by Gasteiger charge is 2.23. The molecule has 31 heavy (non-hydrogen) atoms. The van der Waals surface area contributed by atoms with E-state index in [2.05, 4.69) is 28.2 Å². The zero-order chi connectivity index (χ0) is 22.2. The van der Waals surface area contributed by atoms with Gasteiger partial charge >= 0.3 is 0 Å². The molecule has 1 aromatic carbocycles. The van der Waals surface area contributed by atoms with Gasteiger partial charge in [-0.2, -0.15) is 0 Å². The van der Waals surface area contributed by atoms with Gasteiger partial charge in [-0.15, -0.1) is 0 Å². The molecule has 0 aliphatic carbocycles. The first-order valence-electron chi connectivity index (χ1n) is 10.6. The normalized spacial score (nSPS) is 14.5. The van der Waals surface area contributed by atoms with Gasteiger partial charge in [0.05, 0.1) is 13.0 Å². The Hall–Kier alpha value is -2.80. The molecule has 0 saturated carbocycles. The van der Waals surface area contributed by atoms with Crippen molar-refractivity contribution in [2.45, 2.75) is 19.9 Å². The van der Waals surface area contributed by atoms with Crippen LogP contribution >= 0.6 is 11.6 Å². The first kappa shape index (κ1) is 22.9. The maximum Gasteiger partial charge on any atom is 0.227 e. The van der Waals surface area contributed by atoms with Crippen molar-refractivity contribution < 1.29 is 4.79 Å².